The average Bonchev–Trinajstić information content (AvgIpc) is 3.14. The molecule has 0 saturated heterocycles. The number of hydrogen-bond donors (Lipinski definition) is 2. The van der Waals surface area contributed by atoms with Crippen LogP contribution in [0.2, 0.25) is 0 Å². The van der Waals surface area contributed by atoms with Crippen LogP contribution in [0.1, 0.15) is 285 Å². The molecule has 6 heteroatoms. The van der Waals surface area contributed by atoms with Crippen LogP contribution in [0.25, 0.3) is 0 Å². The highest BCUT2D eigenvalue weighted by Gasteiger charge is 2.37. The largest absolute Gasteiger partial charge is 0.422 e. The Morgan fingerprint density at radius 2 is 0.661 bits per heavy atom. The summed E-state index contributed by atoms with van der Waals surface area (Å²) in [6.07, 6.45) is 40.9. The molecular formula is C50H98O6. The van der Waals surface area contributed by atoms with Crippen molar-refractivity contribution < 1.29 is 29.3 Å². The second kappa shape index (κ2) is 40.6. The maximum Gasteiger partial charge on any atom is 0.309 e. The molecule has 0 fully saturated rings. The Morgan fingerprint density at radius 3 is 0.964 bits per heavy atom. The van der Waals surface area contributed by atoms with E-state index in [2.05, 4.69) is 34.6 Å². The molecule has 0 bridgehead atoms. The minimum atomic E-state index is -1.18. The van der Waals surface area contributed by atoms with Crippen LogP contribution in [0.15, 0.2) is 0 Å². The maximum absolute atomic E-state index is 13.5. The van der Waals surface area contributed by atoms with Crippen molar-refractivity contribution in [2.24, 2.45) is 11.8 Å². The zero-order valence-electron chi connectivity index (χ0n) is 38.3. The van der Waals surface area contributed by atoms with E-state index in [9.17, 15) is 9.59 Å². The summed E-state index contributed by atoms with van der Waals surface area (Å²) < 4.78 is 12.7. The predicted octanol–water partition coefficient (Wildman–Crippen LogP) is 15.6. The van der Waals surface area contributed by atoms with Gasteiger partial charge in [0.2, 0.25) is 0 Å². The van der Waals surface area contributed by atoms with Gasteiger partial charge in [0.15, 0.2) is 6.29 Å². The minimum Gasteiger partial charge on any atom is -0.422 e. The molecule has 0 aliphatic heterocycles. The molecule has 334 valence electrons. The van der Waals surface area contributed by atoms with Crippen LogP contribution in [0.3, 0.4) is 0 Å². The zero-order valence-corrected chi connectivity index (χ0v) is 38.3. The fourth-order valence-corrected chi connectivity index (χ4v) is 7.94. The Morgan fingerprint density at radius 1 is 0.393 bits per heavy atom. The van der Waals surface area contributed by atoms with E-state index in [0.29, 0.717) is 32.1 Å². The highest BCUT2D eigenvalue weighted by atomic mass is 16.7. The summed E-state index contributed by atoms with van der Waals surface area (Å²) in [5.74, 6) is 0.0365. The van der Waals surface area contributed by atoms with Crippen LogP contribution in [-0.4, -0.2) is 34.2 Å². The smallest absolute Gasteiger partial charge is 0.309 e. The number of carbonyl (C=O) groups is 2. The monoisotopic (exact) mass is 795 g/mol. The first-order chi connectivity index (χ1) is 27.1. The molecule has 0 unspecified atom stereocenters. The molecule has 0 atom stereocenters. The molecule has 0 amide bonds. The Bertz CT molecular complexity index is 799. The summed E-state index contributed by atoms with van der Waals surface area (Å²) in [5, 5.41) is 18.1. The van der Waals surface area contributed by atoms with Gasteiger partial charge in [0.05, 0.1) is 0 Å². The number of hydrogen-bond acceptors (Lipinski definition) is 6. The van der Waals surface area contributed by atoms with Gasteiger partial charge in [-0.3, -0.25) is 9.59 Å². The van der Waals surface area contributed by atoms with E-state index in [1.54, 1.807) is 0 Å². The Kier molecular flexibility index (Phi) is 39.8. The van der Waals surface area contributed by atoms with Crippen molar-refractivity contribution in [1.82, 2.24) is 0 Å². The quantitative estimate of drug-likeness (QED) is 0.0362. The van der Waals surface area contributed by atoms with Crippen molar-refractivity contribution in [2.75, 3.05) is 0 Å². The van der Waals surface area contributed by atoms with Gasteiger partial charge in [0, 0.05) is 25.7 Å². The first-order valence-corrected chi connectivity index (χ1v) is 24.9. The number of carbonyl (C=O) groups excluding carboxylic acids is 2. The number of aliphatic hydroxyl groups excluding tert-OH is 1. The van der Waals surface area contributed by atoms with E-state index < -0.39 is 12.1 Å². The van der Waals surface area contributed by atoms with E-state index in [4.69, 9.17) is 19.7 Å². The first-order valence-electron chi connectivity index (χ1n) is 24.9. The van der Waals surface area contributed by atoms with Crippen molar-refractivity contribution in [1.29, 1.82) is 0 Å². The molecule has 0 heterocycles. The van der Waals surface area contributed by atoms with E-state index in [1.807, 2.05) is 0 Å². The Balaban J connectivity index is 5.21. The lowest BCUT2D eigenvalue weighted by Crippen LogP contribution is -2.40. The van der Waals surface area contributed by atoms with Gasteiger partial charge in [0.1, 0.15) is 0 Å². The molecule has 0 aromatic carbocycles. The fourth-order valence-electron chi connectivity index (χ4n) is 7.94. The molecule has 0 aliphatic carbocycles. The zero-order chi connectivity index (χ0) is 41.4. The fraction of sp³-hybridized carbons (Fsp3) is 0.960. The predicted molar refractivity (Wildman–Crippen MR) is 239 cm³/mol. The van der Waals surface area contributed by atoms with Gasteiger partial charge in [-0.1, -0.05) is 221 Å². The van der Waals surface area contributed by atoms with Gasteiger partial charge in [-0.2, -0.15) is 0 Å². The van der Waals surface area contributed by atoms with Gasteiger partial charge >= 0.3 is 11.9 Å². The molecule has 56 heavy (non-hydrogen) atoms. The van der Waals surface area contributed by atoms with Crippen LogP contribution >= 0.6 is 0 Å². The first kappa shape index (κ1) is 54.9. The van der Waals surface area contributed by atoms with Gasteiger partial charge in [0.25, 0.3) is 5.79 Å². The molecule has 0 radical (unpaired) electrons. The minimum absolute atomic E-state index is 0.197. The average molecular weight is 795 g/mol. The summed E-state index contributed by atoms with van der Waals surface area (Å²) in [6, 6.07) is 0. The van der Waals surface area contributed by atoms with Crippen LogP contribution in [0.4, 0.5) is 0 Å². The second-order valence-corrected chi connectivity index (χ2v) is 18.5. The summed E-state index contributed by atoms with van der Waals surface area (Å²) in [4.78, 5) is 26.9. The van der Waals surface area contributed by atoms with Crippen LogP contribution in [0, 0.1) is 11.8 Å². The SMILES string of the molecule is CCCCCCCCCCCC(CCCCCCCCCCCC(O)O)(OC(=O)CCCCCCCCCC(C)C)OC(=O)CCCCCCCCCC(C)C. The van der Waals surface area contributed by atoms with E-state index in [1.165, 1.54) is 128 Å². The molecule has 0 saturated carbocycles. The topological polar surface area (TPSA) is 93.1 Å². The van der Waals surface area contributed by atoms with Gasteiger partial charge in [-0.15, -0.1) is 0 Å². The number of rotatable bonds is 44. The van der Waals surface area contributed by atoms with Crippen molar-refractivity contribution in [2.45, 2.75) is 297 Å². The third-order valence-electron chi connectivity index (χ3n) is 11.6. The van der Waals surface area contributed by atoms with E-state index >= 15 is 0 Å². The number of unbranched alkanes of at least 4 members (excludes halogenated alkanes) is 28. The summed E-state index contributed by atoms with van der Waals surface area (Å²) in [7, 11) is 0. The highest BCUT2D eigenvalue weighted by Crippen LogP contribution is 2.31. The number of esters is 2. The third kappa shape index (κ3) is 39.7. The van der Waals surface area contributed by atoms with Crippen molar-refractivity contribution in [3.05, 3.63) is 0 Å². The molecule has 6 nitrogen and oxygen atoms in total. The Hall–Kier alpha value is -1.14. The number of ether oxygens (including phenoxy) is 2. The van der Waals surface area contributed by atoms with E-state index in [-0.39, 0.29) is 11.9 Å². The lowest BCUT2D eigenvalue weighted by atomic mass is 9.98. The van der Waals surface area contributed by atoms with Crippen LogP contribution in [0.5, 0.6) is 0 Å². The van der Waals surface area contributed by atoms with Gasteiger partial charge in [-0.25, -0.2) is 0 Å². The number of aliphatic hydroxyl groups is 2. The lowest BCUT2D eigenvalue weighted by Gasteiger charge is -2.33. The van der Waals surface area contributed by atoms with Gasteiger partial charge in [-0.05, 0) is 50.4 Å². The van der Waals surface area contributed by atoms with Crippen molar-refractivity contribution in [3.63, 3.8) is 0 Å². The molecule has 0 aromatic rings. The highest BCUT2D eigenvalue weighted by molar-refractivity contribution is 5.72. The lowest BCUT2D eigenvalue weighted by molar-refractivity contribution is -0.235. The van der Waals surface area contributed by atoms with Crippen LogP contribution < -0.4 is 0 Å². The normalized spacial score (nSPS) is 12.0. The van der Waals surface area contributed by atoms with Crippen molar-refractivity contribution >= 4 is 11.9 Å². The second-order valence-electron chi connectivity index (χ2n) is 18.5. The molecule has 0 aromatic heterocycles. The molecule has 0 rings (SSSR count). The van der Waals surface area contributed by atoms with E-state index in [0.717, 1.165) is 102 Å². The summed E-state index contributed by atoms with van der Waals surface area (Å²) in [6.45, 7) is 11.4. The molecule has 0 spiro atoms. The Labute approximate surface area is 349 Å². The van der Waals surface area contributed by atoms with Crippen LogP contribution in [-0.2, 0) is 19.1 Å². The third-order valence-corrected chi connectivity index (χ3v) is 11.6. The standard InChI is InChI=1S/C50H98O6/c1-6-7-8-9-10-13-22-29-36-43-50(44-37-30-23-14-11-12-19-26-33-40-47(51)52,55-48(53)41-34-27-20-15-17-24-31-38-45(2)3)56-49(54)42-35-28-21-16-18-25-32-39-46(4)5/h45-47,51-52H,6-44H2,1-5H3. The maximum atomic E-state index is 13.5. The molecule has 0 aliphatic rings. The summed E-state index contributed by atoms with van der Waals surface area (Å²) in [5.41, 5.74) is 0. The molecule has 2 N–H and O–H groups in total. The molecular weight excluding hydrogens is 697 g/mol. The van der Waals surface area contributed by atoms with Gasteiger partial charge < -0.3 is 19.7 Å². The summed E-state index contributed by atoms with van der Waals surface area (Å²) >= 11 is 0. The van der Waals surface area contributed by atoms with Crippen molar-refractivity contribution in [3.8, 4) is 0 Å².